The smallest absolute Gasteiger partial charge is 0.243 e. The molecule has 1 atom stereocenters. The molecule has 0 aliphatic carbocycles. The van der Waals surface area contributed by atoms with Crippen molar-refractivity contribution < 1.29 is 13.2 Å². The van der Waals surface area contributed by atoms with Gasteiger partial charge in [-0.05, 0) is 79.1 Å². The van der Waals surface area contributed by atoms with Crippen molar-refractivity contribution in [1.82, 2.24) is 4.31 Å². The first-order chi connectivity index (χ1) is 16.1. The minimum atomic E-state index is -4.04. The average molecular weight is 603 g/mol. The van der Waals surface area contributed by atoms with Crippen LogP contribution >= 0.6 is 50.7 Å². The summed E-state index contributed by atoms with van der Waals surface area (Å²) in [6.45, 7) is 1.49. The van der Waals surface area contributed by atoms with Gasteiger partial charge in [0.2, 0.25) is 15.9 Å². The van der Waals surface area contributed by atoms with E-state index < -0.39 is 10.0 Å². The highest BCUT2D eigenvalue weighted by Crippen LogP contribution is 2.35. The summed E-state index contributed by atoms with van der Waals surface area (Å²) in [6.07, 6.45) is 0.688. The first-order valence-corrected chi connectivity index (χ1v) is 13.7. The molecule has 3 aromatic carbocycles. The Morgan fingerprint density at radius 1 is 1.03 bits per heavy atom. The number of benzene rings is 3. The number of fused-ring (bicyclic) bond motifs is 1. The third-order valence-electron chi connectivity index (χ3n) is 5.65. The summed E-state index contributed by atoms with van der Waals surface area (Å²) < 4.78 is 29.2. The lowest BCUT2D eigenvalue weighted by Gasteiger charge is -2.28. The number of amides is 1. The van der Waals surface area contributed by atoms with E-state index in [1.807, 2.05) is 25.1 Å². The van der Waals surface area contributed by atoms with Crippen molar-refractivity contribution in [2.75, 3.05) is 11.4 Å². The Morgan fingerprint density at radius 2 is 1.71 bits per heavy atom. The summed E-state index contributed by atoms with van der Waals surface area (Å²) in [5, 5.41) is 1.17. The number of rotatable bonds is 6. The number of anilines is 1. The molecule has 0 N–H and O–H groups in total. The molecule has 4 rings (SSSR count). The van der Waals surface area contributed by atoms with Gasteiger partial charge in [0.1, 0.15) is 0 Å². The summed E-state index contributed by atoms with van der Waals surface area (Å²) in [7, 11) is -4.04. The van der Waals surface area contributed by atoms with Crippen LogP contribution in [0.5, 0.6) is 0 Å². The Labute approximate surface area is 222 Å². The van der Waals surface area contributed by atoms with Crippen LogP contribution in [0, 0.1) is 0 Å². The van der Waals surface area contributed by atoms with Gasteiger partial charge in [-0.3, -0.25) is 4.79 Å². The van der Waals surface area contributed by atoms with Gasteiger partial charge in [0.05, 0.1) is 11.4 Å². The summed E-state index contributed by atoms with van der Waals surface area (Å²) in [6, 6.07) is 16.3. The maximum Gasteiger partial charge on any atom is 0.243 e. The van der Waals surface area contributed by atoms with E-state index in [1.165, 1.54) is 24.3 Å². The quantitative estimate of drug-likeness (QED) is 0.320. The van der Waals surface area contributed by atoms with E-state index in [0.29, 0.717) is 27.1 Å². The lowest BCUT2D eigenvalue weighted by atomic mass is 10.1. The van der Waals surface area contributed by atoms with Crippen LogP contribution in [0.4, 0.5) is 5.69 Å². The number of sulfonamides is 1. The van der Waals surface area contributed by atoms with Crippen LogP contribution in [0.1, 0.15) is 18.1 Å². The minimum Gasteiger partial charge on any atom is -0.308 e. The third kappa shape index (κ3) is 5.30. The molecule has 1 unspecified atom stereocenters. The van der Waals surface area contributed by atoms with Crippen molar-refractivity contribution >= 4 is 72.4 Å². The maximum absolute atomic E-state index is 13.6. The van der Waals surface area contributed by atoms with Crippen molar-refractivity contribution in [3.8, 4) is 0 Å². The van der Waals surface area contributed by atoms with Crippen LogP contribution in [0.25, 0.3) is 0 Å². The van der Waals surface area contributed by atoms with Crippen LogP contribution in [0.3, 0.4) is 0 Å². The second-order valence-electron chi connectivity index (χ2n) is 8.05. The molecular weight excluding hydrogens is 583 g/mol. The number of carbonyl (C=O) groups is 1. The van der Waals surface area contributed by atoms with Crippen molar-refractivity contribution in [2.45, 2.75) is 30.8 Å². The largest absolute Gasteiger partial charge is 0.308 e. The van der Waals surface area contributed by atoms with Gasteiger partial charge < -0.3 is 4.90 Å². The Hall–Kier alpha value is -1.61. The molecule has 178 valence electrons. The van der Waals surface area contributed by atoms with E-state index >= 15 is 0 Å². The predicted molar refractivity (Wildman–Crippen MR) is 140 cm³/mol. The molecule has 0 bridgehead atoms. The molecule has 0 saturated carbocycles. The molecule has 34 heavy (non-hydrogen) atoms. The lowest BCUT2D eigenvalue weighted by molar-refractivity contribution is -0.119. The van der Waals surface area contributed by atoms with Gasteiger partial charge in [-0.1, -0.05) is 56.8 Å². The number of carbonyl (C=O) groups excluding carboxylic acids is 1. The fourth-order valence-electron chi connectivity index (χ4n) is 4.03. The summed E-state index contributed by atoms with van der Waals surface area (Å²) in [4.78, 5) is 15.2. The number of hydrogen-bond donors (Lipinski definition) is 0. The van der Waals surface area contributed by atoms with E-state index in [9.17, 15) is 13.2 Å². The average Bonchev–Trinajstić information content (AvgIpc) is 3.10. The molecule has 10 heteroatoms. The predicted octanol–water partition coefficient (Wildman–Crippen LogP) is 6.58. The maximum atomic E-state index is 13.6. The van der Waals surface area contributed by atoms with E-state index in [1.54, 1.807) is 23.1 Å². The Balaban J connectivity index is 1.69. The fraction of sp³-hybridized carbons (Fsp3) is 0.208. The third-order valence-corrected chi connectivity index (χ3v) is 8.79. The summed E-state index contributed by atoms with van der Waals surface area (Å²) >= 11 is 21.8. The Bertz CT molecular complexity index is 1350. The molecule has 1 amide bonds. The zero-order chi connectivity index (χ0) is 24.6. The molecule has 0 aromatic heterocycles. The fourth-order valence-corrected chi connectivity index (χ4v) is 6.40. The number of halogens is 4. The molecule has 1 aliphatic heterocycles. The van der Waals surface area contributed by atoms with Gasteiger partial charge in [-0.2, -0.15) is 4.31 Å². The van der Waals surface area contributed by atoms with Crippen LogP contribution in [0.2, 0.25) is 15.1 Å². The zero-order valence-electron chi connectivity index (χ0n) is 18.0. The first-order valence-electron chi connectivity index (χ1n) is 10.4. The van der Waals surface area contributed by atoms with Gasteiger partial charge in [-0.25, -0.2) is 8.42 Å². The highest BCUT2D eigenvalue weighted by atomic mass is 79.9. The van der Waals surface area contributed by atoms with E-state index in [-0.39, 0.29) is 29.9 Å². The molecule has 5 nitrogen and oxygen atoms in total. The van der Waals surface area contributed by atoms with E-state index in [4.69, 9.17) is 34.8 Å². The Kier molecular flexibility index (Phi) is 7.62. The topological polar surface area (TPSA) is 57.7 Å². The monoisotopic (exact) mass is 600 g/mol. The van der Waals surface area contributed by atoms with Crippen LogP contribution < -0.4 is 4.90 Å². The molecule has 0 spiro atoms. The molecule has 0 fully saturated rings. The summed E-state index contributed by atoms with van der Waals surface area (Å²) in [5.41, 5.74) is 2.35. The van der Waals surface area contributed by atoms with Crippen LogP contribution in [0.15, 0.2) is 70.0 Å². The van der Waals surface area contributed by atoms with Crippen LogP contribution in [-0.4, -0.2) is 31.2 Å². The normalized spacial score (nSPS) is 15.6. The number of nitrogens with zero attached hydrogens (tertiary/aromatic N) is 2. The number of hydrogen-bond acceptors (Lipinski definition) is 3. The first kappa shape index (κ1) is 25.5. The highest BCUT2D eigenvalue weighted by Gasteiger charge is 2.35. The molecular formula is C24H20BrCl3N2O3S. The molecule has 0 saturated heterocycles. The zero-order valence-corrected chi connectivity index (χ0v) is 22.7. The highest BCUT2D eigenvalue weighted by molar-refractivity contribution is 9.10. The van der Waals surface area contributed by atoms with Gasteiger partial charge in [0.15, 0.2) is 0 Å². The Morgan fingerprint density at radius 3 is 2.38 bits per heavy atom. The van der Waals surface area contributed by atoms with Gasteiger partial charge in [-0.15, -0.1) is 0 Å². The van der Waals surface area contributed by atoms with Crippen molar-refractivity contribution in [2.24, 2.45) is 0 Å². The van der Waals surface area contributed by atoms with Crippen molar-refractivity contribution in [1.29, 1.82) is 0 Å². The summed E-state index contributed by atoms with van der Waals surface area (Å²) in [5.74, 6) is -0.323. The second kappa shape index (κ2) is 10.2. The molecule has 1 aliphatic rings. The van der Waals surface area contributed by atoms with Crippen LogP contribution in [-0.2, 0) is 27.8 Å². The standard InChI is InChI=1S/C24H20BrCl3N2O3S/c1-15-10-17-11-18(25)3-9-23(17)30(15)24(31)14-29(13-16-2-4-20(27)12-22(16)28)34(32,33)21-7-5-19(26)6-8-21/h2-9,11-12,15H,10,13-14H2,1H3. The SMILES string of the molecule is CC1Cc2cc(Br)ccc2N1C(=O)CN(Cc1ccc(Cl)cc1Cl)S(=O)(=O)c1ccc(Cl)cc1. The molecule has 0 radical (unpaired) electrons. The van der Waals surface area contributed by atoms with Gasteiger partial charge in [0, 0.05) is 37.8 Å². The van der Waals surface area contributed by atoms with E-state index in [2.05, 4.69) is 15.9 Å². The van der Waals surface area contributed by atoms with Gasteiger partial charge >= 0.3 is 0 Å². The second-order valence-corrected chi connectivity index (χ2v) is 12.2. The lowest BCUT2D eigenvalue weighted by Crippen LogP contribution is -2.44. The molecule has 1 heterocycles. The minimum absolute atomic E-state index is 0.0357. The van der Waals surface area contributed by atoms with Crippen molar-refractivity contribution in [3.63, 3.8) is 0 Å². The molecule has 3 aromatic rings. The van der Waals surface area contributed by atoms with Gasteiger partial charge in [0.25, 0.3) is 0 Å². The van der Waals surface area contributed by atoms with E-state index in [0.717, 1.165) is 20.0 Å². The van der Waals surface area contributed by atoms with Crippen molar-refractivity contribution in [3.05, 3.63) is 91.3 Å².